The highest BCUT2D eigenvalue weighted by molar-refractivity contribution is 9.10. The number of anilines is 2. The average molecular weight is 386 g/mol. The number of hydrogen-bond acceptors (Lipinski definition) is 3. The Bertz CT molecular complexity index is 827. The van der Waals surface area contributed by atoms with Crippen LogP contribution in [0, 0.1) is 18.3 Å². The number of nitrogens with one attached hydrogen (secondary N) is 1. The fourth-order valence-electron chi connectivity index (χ4n) is 2.14. The molecule has 0 aliphatic carbocycles. The SMILES string of the molecule is CC(=O)N(CC(=O)Nc1cccc(C#N)c1)c1ccc(C)c(Br)c1. The first-order valence-corrected chi connectivity index (χ1v) is 8.04. The molecule has 0 aliphatic heterocycles. The van der Waals surface area contributed by atoms with E-state index in [-0.39, 0.29) is 18.4 Å². The zero-order chi connectivity index (χ0) is 17.7. The molecule has 24 heavy (non-hydrogen) atoms. The lowest BCUT2D eigenvalue weighted by Crippen LogP contribution is -2.36. The Morgan fingerprint density at radius 3 is 2.62 bits per heavy atom. The maximum Gasteiger partial charge on any atom is 0.244 e. The number of halogens is 1. The Morgan fingerprint density at radius 1 is 1.25 bits per heavy atom. The first kappa shape index (κ1) is 17.7. The molecule has 0 spiro atoms. The molecular formula is C18H16BrN3O2. The summed E-state index contributed by atoms with van der Waals surface area (Å²) >= 11 is 3.43. The molecule has 2 aromatic rings. The van der Waals surface area contributed by atoms with Crippen LogP contribution >= 0.6 is 15.9 Å². The van der Waals surface area contributed by atoms with E-state index in [1.807, 2.05) is 19.1 Å². The summed E-state index contributed by atoms with van der Waals surface area (Å²) in [7, 11) is 0. The molecule has 2 aromatic carbocycles. The van der Waals surface area contributed by atoms with Crippen molar-refractivity contribution in [3.8, 4) is 6.07 Å². The molecule has 0 fully saturated rings. The number of amides is 2. The first-order chi connectivity index (χ1) is 11.4. The summed E-state index contributed by atoms with van der Waals surface area (Å²) in [5.74, 6) is -0.566. The fourth-order valence-corrected chi connectivity index (χ4v) is 2.51. The number of carbonyl (C=O) groups excluding carboxylic acids is 2. The normalized spacial score (nSPS) is 9.92. The number of hydrogen-bond donors (Lipinski definition) is 1. The Balaban J connectivity index is 2.15. The van der Waals surface area contributed by atoms with Gasteiger partial charge in [0.2, 0.25) is 11.8 Å². The second kappa shape index (κ2) is 7.75. The van der Waals surface area contributed by atoms with Crippen LogP contribution in [0.15, 0.2) is 46.9 Å². The van der Waals surface area contributed by atoms with Crippen molar-refractivity contribution in [1.82, 2.24) is 0 Å². The average Bonchev–Trinajstić information content (AvgIpc) is 2.55. The number of nitriles is 1. The van der Waals surface area contributed by atoms with Crippen LogP contribution in [-0.2, 0) is 9.59 Å². The molecule has 0 aliphatic rings. The highest BCUT2D eigenvalue weighted by atomic mass is 79.9. The summed E-state index contributed by atoms with van der Waals surface area (Å²) in [6.45, 7) is 3.25. The standard InChI is InChI=1S/C18H16BrN3O2/c1-12-6-7-16(9-17(12)19)22(13(2)23)11-18(24)21-15-5-3-4-14(8-15)10-20/h3-9H,11H2,1-2H3,(H,21,24). The van der Waals surface area contributed by atoms with Gasteiger partial charge in [0.25, 0.3) is 0 Å². The van der Waals surface area contributed by atoms with Crippen molar-refractivity contribution in [3.63, 3.8) is 0 Å². The molecule has 0 saturated carbocycles. The second-order valence-corrected chi connectivity index (χ2v) is 6.13. The highest BCUT2D eigenvalue weighted by Gasteiger charge is 2.16. The number of nitrogens with zero attached hydrogens (tertiary/aromatic N) is 2. The maximum absolute atomic E-state index is 12.3. The largest absolute Gasteiger partial charge is 0.324 e. The van der Waals surface area contributed by atoms with Gasteiger partial charge in [-0.05, 0) is 42.8 Å². The van der Waals surface area contributed by atoms with E-state index in [0.717, 1.165) is 10.0 Å². The molecule has 2 amide bonds. The molecule has 0 radical (unpaired) electrons. The molecule has 5 nitrogen and oxygen atoms in total. The van der Waals surface area contributed by atoms with Crippen LogP contribution < -0.4 is 10.2 Å². The van der Waals surface area contributed by atoms with Gasteiger partial charge in [-0.15, -0.1) is 0 Å². The lowest BCUT2D eigenvalue weighted by Gasteiger charge is -2.21. The Kier molecular flexibility index (Phi) is 5.72. The molecule has 2 rings (SSSR count). The van der Waals surface area contributed by atoms with Crippen LogP contribution in [0.2, 0.25) is 0 Å². The van der Waals surface area contributed by atoms with Gasteiger partial charge < -0.3 is 10.2 Å². The summed E-state index contributed by atoms with van der Waals surface area (Å²) < 4.78 is 0.869. The third-order valence-corrected chi connectivity index (χ3v) is 4.28. The van der Waals surface area contributed by atoms with Crippen molar-refractivity contribution < 1.29 is 9.59 Å². The minimum atomic E-state index is -0.336. The smallest absolute Gasteiger partial charge is 0.244 e. The van der Waals surface area contributed by atoms with Crippen LogP contribution in [0.1, 0.15) is 18.1 Å². The van der Waals surface area contributed by atoms with Gasteiger partial charge in [0, 0.05) is 22.8 Å². The monoisotopic (exact) mass is 385 g/mol. The zero-order valence-corrected chi connectivity index (χ0v) is 14.9. The highest BCUT2D eigenvalue weighted by Crippen LogP contribution is 2.24. The Morgan fingerprint density at radius 2 is 2.00 bits per heavy atom. The lowest BCUT2D eigenvalue weighted by molar-refractivity contribution is -0.120. The van der Waals surface area contributed by atoms with Crippen LogP contribution in [0.25, 0.3) is 0 Å². The molecule has 0 heterocycles. The third kappa shape index (κ3) is 4.43. The van der Waals surface area contributed by atoms with Gasteiger partial charge in [-0.2, -0.15) is 5.26 Å². The van der Waals surface area contributed by atoms with Crippen molar-refractivity contribution in [1.29, 1.82) is 5.26 Å². The molecule has 122 valence electrons. The van der Waals surface area contributed by atoms with Gasteiger partial charge in [0.15, 0.2) is 0 Å². The van der Waals surface area contributed by atoms with Gasteiger partial charge in [0.05, 0.1) is 11.6 Å². The molecule has 1 N–H and O–H groups in total. The van der Waals surface area contributed by atoms with Gasteiger partial charge in [-0.25, -0.2) is 0 Å². The van der Waals surface area contributed by atoms with Crippen molar-refractivity contribution in [2.45, 2.75) is 13.8 Å². The summed E-state index contributed by atoms with van der Waals surface area (Å²) in [6, 6.07) is 14.1. The predicted molar refractivity (Wildman–Crippen MR) is 96.7 cm³/mol. The van der Waals surface area contributed by atoms with Crippen LogP contribution in [0.5, 0.6) is 0 Å². The summed E-state index contributed by atoms with van der Waals surface area (Å²) in [5, 5.41) is 11.6. The van der Waals surface area contributed by atoms with E-state index in [0.29, 0.717) is 16.9 Å². The zero-order valence-electron chi connectivity index (χ0n) is 13.3. The summed E-state index contributed by atoms with van der Waals surface area (Å²) in [5.41, 5.74) is 2.66. The minimum Gasteiger partial charge on any atom is -0.324 e. The van der Waals surface area contributed by atoms with E-state index in [9.17, 15) is 9.59 Å². The van der Waals surface area contributed by atoms with Crippen molar-refractivity contribution in [3.05, 3.63) is 58.1 Å². The van der Waals surface area contributed by atoms with E-state index in [1.54, 1.807) is 36.4 Å². The van der Waals surface area contributed by atoms with Crippen LogP contribution in [0.4, 0.5) is 11.4 Å². The number of carbonyl (C=O) groups is 2. The van der Waals surface area contributed by atoms with E-state index in [4.69, 9.17) is 5.26 Å². The summed E-state index contributed by atoms with van der Waals surface area (Å²) in [6.07, 6.45) is 0. The predicted octanol–water partition coefficient (Wildman–Crippen LogP) is 3.62. The Labute approximate surface area is 149 Å². The van der Waals surface area contributed by atoms with Gasteiger partial charge in [0.1, 0.15) is 6.54 Å². The molecule has 0 saturated heterocycles. The van der Waals surface area contributed by atoms with Crippen LogP contribution in [-0.4, -0.2) is 18.4 Å². The molecule has 0 atom stereocenters. The van der Waals surface area contributed by atoms with Crippen LogP contribution in [0.3, 0.4) is 0 Å². The maximum atomic E-state index is 12.3. The topological polar surface area (TPSA) is 73.2 Å². The quantitative estimate of drug-likeness (QED) is 0.872. The second-order valence-electron chi connectivity index (χ2n) is 5.28. The molecule has 0 unspecified atom stereocenters. The van der Waals surface area contributed by atoms with E-state index in [1.165, 1.54) is 11.8 Å². The van der Waals surface area contributed by atoms with E-state index in [2.05, 4.69) is 21.2 Å². The van der Waals surface area contributed by atoms with Crippen molar-refractivity contribution in [2.75, 3.05) is 16.8 Å². The number of rotatable bonds is 4. The number of benzene rings is 2. The third-order valence-electron chi connectivity index (χ3n) is 3.42. The van der Waals surface area contributed by atoms with Gasteiger partial charge >= 0.3 is 0 Å². The van der Waals surface area contributed by atoms with E-state index >= 15 is 0 Å². The van der Waals surface area contributed by atoms with Crippen molar-refractivity contribution in [2.24, 2.45) is 0 Å². The van der Waals surface area contributed by atoms with E-state index < -0.39 is 0 Å². The van der Waals surface area contributed by atoms with Gasteiger partial charge in [-0.3, -0.25) is 9.59 Å². The first-order valence-electron chi connectivity index (χ1n) is 7.25. The minimum absolute atomic E-state index is 0.110. The summed E-state index contributed by atoms with van der Waals surface area (Å²) in [4.78, 5) is 25.6. The fraction of sp³-hybridized carbons (Fsp3) is 0.167. The molecule has 0 aromatic heterocycles. The molecular weight excluding hydrogens is 370 g/mol. The van der Waals surface area contributed by atoms with Gasteiger partial charge in [-0.1, -0.05) is 28.1 Å². The Hall–Kier alpha value is -2.65. The molecule has 0 bridgehead atoms. The van der Waals surface area contributed by atoms with Crippen molar-refractivity contribution >= 4 is 39.1 Å². The number of aryl methyl sites for hydroxylation is 1. The molecule has 6 heteroatoms. The lowest BCUT2D eigenvalue weighted by atomic mass is 10.2.